The normalized spacial score (nSPS) is 14.8. The summed E-state index contributed by atoms with van der Waals surface area (Å²) < 4.78 is 0. The zero-order chi connectivity index (χ0) is 26.0. The maximum atomic E-state index is 12.9. The second-order valence-corrected chi connectivity index (χ2v) is 9.21. The van der Waals surface area contributed by atoms with Crippen molar-refractivity contribution in [1.82, 2.24) is 15.5 Å². The number of carbonyl (C=O) groups excluding carboxylic acids is 3. The van der Waals surface area contributed by atoms with Crippen molar-refractivity contribution < 1.29 is 14.4 Å². The summed E-state index contributed by atoms with van der Waals surface area (Å²) in [7, 11) is 0. The SMILES string of the molecule is CC(NC(=O)c1ccccc1NC(=O)CN1CCC(NC(=O)Nc2ccccc2)CC1)c1ccccc1. The van der Waals surface area contributed by atoms with E-state index in [2.05, 4.69) is 26.2 Å². The smallest absolute Gasteiger partial charge is 0.319 e. The van der Waals surface area contributed by atoms with Crippen LogP contribution in [0.4, 0.5) is 16.2 Å². The van der Waals surface area contributed by atoms with E-state index in [-0.39, 0.29) is 36.5 Å². The molecular formula is C29H33N5O3. The van der Waals surface area contributed by atoms with Gasteiger partial charge in [-0.15, -0.1) is 0 Å². The molecule has 192 valence electrons. The molecule has 0 radical (unpaired) electrons. The first kappa shape index (κ1) is 25.9. The maximum Gasteiger partial charge on any atom is 0.319 e. The first-order valence-electron chi connectivity index (χ1n) is 12.6. The largest absolute Gasteiger partial charge is 0.345 e. The number of carbonyl (C=O) groups is 3. The number of benzene rings is 3. The summed E-state index contributed by atoms with van der Waals surface area (Å²) in [6, 6.07) is 25.7. The zero-order valence-electron chi connectivity index (χ0n) is 20.9. The van der Waals surface area contributed by atoms with E-state index in [1.165, 1.54) is 0 Å². The number of para-hydroxylation sites is 2. The van der Waals surface area contributed by atoms with Crippen LogP contribution in [0.25, 0.3) is 0 Å². The van der Waals surface area contributed by atoms with Gasteiger partial charge in [-0.1, -0.05) is 60.7 Å². The van der Waals surface area contributed by atoms with Gasteiger partial charge in [-0.05, 0) is 49.6 Å². The fourth-order valence-corrected chi connectivity index (χ4v) is 4.39. The Bertz CT molecular complexity index is 1190. The van der Waals surface area contributed by atoms with Gasteiger partial charge in [0.15, 0.2) is 0 Å². The van der Waals surface area contributed by atoms with Crippen molar-refractivity contribution in [2.45, 2.75) is 31.8 Å². The molecular weight excluding hydrogens is 466 g/mol. The highest BCUT2D eigenvalue weighted by Crippen LogP contribution is 2.18. The molecule has 1 saturated heterocycles. The van der Waals surface area contributed by atoms with Gasteiger partial charge in [-0.25, -0.2) is 4.79 Å². The monoisotopic (exact) mass is 499 g/mol. The van der Waals surface area contributed by atoms with Crippen LogP contribution in [0.5, 0.6) is 0 Å². The molecule has 1 aliphatic heterocycles. The molecule has 4 N–H and O–H groups in total. The number of anilines is 2. The molecule has 1 unspecified atom stereocenters. The van der Waals surface area contributed by atoms with Gasteiger partial charge in [0.25, 0.3) is 5.91 Å². The number of nitrogens with zero attached hydrogens (tertiary/aromatic N) is 1. The van der Waals surface area contributed by atoms with Crippen molar-refractivity contribution in [3.8, 4) is 0 Å². The molecule has 0 aromatic heterocycles. The lowest BCUT2D eigenvalue weighted by atomic mass is 10.1. The molecule has 1 fully saturated rings. The van der Waals surface area contributed by atoms with E-state index in [4.69, 9.17) is 0 Å². The fourth-order valence-electron chi connectivity index (χ4n) is 4.39. The molecule has 0 aliphatic carbocycles. The third kappa shape index (κ3) is 7.65. The molecule has 8 heteroatoms. The van der Waals surface area contributed by atoms with Gasteiger partial charge in [0.05, 0.1) is 23.8 Å². The summed E-state index contributed by atoms with van der Waals surface area (Å²) >= 11 is 0. The average Bonchev–Trinajstić information content (AvgIpc) is 2.91. The topological polar surface area (TPSA) is 103 Å². The lowest BCUT2D eigenvalue weighted by Gasteiger charge is -2.31. The number of urea groups is 1. The lowest BCUT2D eigenvalue weighted by molar-refractivity contribution is -0.117. The van der Waals surface area contributed by atoms with Crippen molar-refractivity contribution in [2.75, 3.05) is 30.3 Å². The highest BCUT2D eigenvalue weighted by molar-refractivity contribution is 6.04. The first-order chi connectivity index (χ1) is 18.0. The van der Waals surface area contributed by atoms with Crippen molar-refractivity contribution in [3.63, 3.8) is 0 Å². The highest BCUT2D eigenvalue weighted by Gasteiger charge is 2.23. The van der Waals surface area contributed by atoms with Crippen molar-refractivity contribution in [2.24, 2.45) is 0 Å². The second-order valence-electron chi connectivity index (χ2n) is 9.21. The molecule has 0 spiro atoms. The predicted molar refractivity (Wildman–Crippen MR) is 145 cm³/mol. The summed E-state index contributed by atoms with van der Waals surface area (Å²) in [5, 5.41) is 11.7. The van der Waals surface area contributed by atoms with E-state index < -0.39 is 0 Å². The molecule has 4 rings (SSSR count). The minimum Gasteiger partial charge on any atom is -0.345 e. The number of rotatable bonds is 8. The Morgan fingerprint density at radius 1 is 0.838 bits per heavy atom. The van der Waals surface area contributed by atoms with Crippen LogP contribution < -0.4 is 21.3 Å². The number of amides is 4. The Balaban J connectivity index is 1.24. The van der Waals surface area contributed by atoms with Gasteiger partial charge in [0.1, 0.15) is 0 Å². The number of hydrogen-bond donors (Lipinski definition) is 4. The van der Waals surface area contributed by atoms with Crippen LogP contribution >= 0.6 is 0 Å². The standard InChI is InChI=1S/C29H33N5O3/c1-21(22-10-4-2-5-11-22)30-28(36)25-14-8-9-15-26(25)33-27(35)20-34-18-16-24(17-19-34)32-29(37)31-23-12-6-3-7-13-23/h2-15,21,24H,16-20H2,1H3,(H,30,36)(H,33,35)(H2,31,32,37). The van der Waals surface area contributed by atoms with Crippen LogP contribution in [0.3, 0.4) is 0 Å². The van der Waals surface area contributed by atoms with Gasteiger partial charge < -0.3 is 21.3 Å². The van der Waals surface area contributed by atoms with Crippen LogP contribution in [-0.2, 0) is 4.79 Å². The molecule has 0 saturated carbocycles. The number of nitrogens with one attached hydrogen (secondary N) is 4. The van der Waals surface area contributed by atoms with Crippen LogP contribution in [0.2, 0.25) is 0 Å². The van der Waals surface area contributed by atoms with Gasteiger partial charge in [0, 0.05) is 24.8 Å². The first-order valence-corrected chi connectivity index (χ1v) is 12.6. The molecule has 3 aromatic carbocycles. The third-order valence-corrected chi connectivity index (χ3v) is 6.41. The lowest BCUT2D eigenvalue weighted by Crippen LogP contribution is -2.47. The predicted octanol–water partition coefficient (Wildman–Crippen LogP) is 4.40. The van der Waals surface area contributed by atoms with Gasteiger partial charge in [-0.3, -0.25) is 14.5 Å². The molecule has 4 amide bonds. The Labute approximate surface area is 217 Å². The van der Waals surface area contributed by atoms with E-state index in [9.17, 15) is 14.4 Å². The second kappa shape index (κ2) is 12.7. The van der Waals surface area contributed by atoms with Gasteiger partial charge in [-0.2, -0.15) is 0 Å². The van der Waals surface area contributed by atoms with Gasteiger partial charge >= 0.3 is 6.03 Å². The van der Waals surface area contributed by atoms with Gasteiger partial charge in [0.2, 0.25) is 5.91 Å². The molecule has 37 heavy (non-hydrogen) atoms. The molecule has 3 aromatic rings. The summed E-state index contributed by atoms with van der Waals surface area (Å²) in [5.41, 5.74) is 2.66. The van der Waals surface area contributed by atoms with Crippen LogP contribution in [0, 0.1) is 0 Å². The summed E-state index contributed by atoms with van der Waals surface area (Å²) in [6.07, 6.45) is 1.51. The maximum absolute atomic E-state index is 12.9. The van der Waals surface area contributed by atoms with E-state index in [1.54, 1.807) is 24.3 Å². The van der Waals surface area contributed by atoms with Crippen LogP contribution in [-0.4, -0.2) is 48.4 Å². The third-order valence-electron chi connectivity index (χ3n) is 6.41. The Morgan fingerprint density at radius 3 is 2.16 bits per heavy atom. The molecule has 8 nitrogen and oxygen atoms in total. The van der Waals surface area contributed by atoms with Crippen molar-refractivity contribution in [3.05, 3.63) is 96.1 Å². The Kier molecular flexibility index (Phi) is 8.89. The minimum absolute atomic E-state index is 0.0547. The fraction of sp³-hybridized carbons (Fsp3) is 0.276. The summed E-state index contributed by atoms with van der Waals surface area (Å²) in [4.78, 5) is 40.0. The highest BCUT2D eigenvalue weighted by atomic mass is 16.2. The number of hydrogen-bond acceptors (Lipinski definition) is 4. The Morgan fingerprint density at radius 2 is 1.46 bits per heavy atom. The van der Waals surface area contributed by atoms with E-state index in [0.717, 1.165) is 24.1 Å². The van der Waals surface area contributed by atoms with Crippen molar-refractivity contribution in [1.29, 1.82) is 0 Å². The number of piperidine rings is 1. The minimum atomic E-state index is -0.243. The molecule has 0 bridgehead atoms. The van der Waals surface area contributed by atoms with E-state index in [1.807, 2.05) is 67.6 Å². The zero-order valence-corrected chi connectivity index (χ0v) is 20.9. The van der Waals surface area contributed by atoms with Crippen LogP contribution in [0.15, 0.2) is 84.9 Å². The number of likely N-dealkylation sites (tertiary alicyclic amines) is 1. The van der Waals surface area contributed by atoms with Crippen LogP contribution in [0.1, 0.15) is 41.7 Å². The molecule has 1 atom stereocenters. The van der Waals surface area contributed by atoms with Crippen molar-refractivity contribution >= 4 is 29.2 Å². The Hall–Kier alpha value is -4.17. The molecule has 1 heterocycles. The molecule has 1 aliphatic rings. The average molecular weight is 500 g/mol. The summed E-state index contributed by atoms with van der Waals surface area (Å²) in [5.74, 6) is -0.419. The summed E-state index contributed by atoms with van der Waals surface area (Å²) in [6.45, 7) is 3.54. The van der Waals surface area contributed by atoms with E-state index in [0.29, 0.717) is 24.3 Å². The quantitative estimate of drug-likeness (QED) is 0.369. The van der Waals surface area contributed by atoms with E-state index >= 15 is 0 Å².